The molecule has 1 fully saturated rings. The van der Waals surface area contributed by atoms with Crippen molar-refractivity contribution in [3.8, 4) is 0 Å². The van der Waals surface area contributed by atoms with E-state index < -0.39 is 0 Å². The van der Waals surface area contributed by atoms with Gasteiger partial charge in [-0.25, -0.2) is 8.70 Å². The van der Waals surface area contributed by atoms with E-state index >= 15 is 0 Å². The molecule has 1 aliphatic rings. The van der Waals surface area contributed by atoms with Gasteiger partial charge in [-0.15, -0.1) is 0 Å². The molecule has 0 saturated carbocycles. The van der Waals surface area contributed by atoms with E-state index in [1.165, 1.54) is 12.5 Å². The van der Waals surface area contributed by atoms with Crippen molar-refractivity contribution < 1.29 is 4.39 Å². The highest BCUT2D eigenvalue weighted by molar-refractivity contribution is 7.97. The van der Waals surface area contributed by atoms with E-state index in [-0.39, 0.29) is 5.82 Å². The van der Waals surface area contributed by atoms with Gasteiger partial charge in [0.15, 0.2) is 0 Å². The summed E-state index contributed by atoms with van der Waals surface area (Å²) in [7, 11) is 0. The Balaban J connectivity index is 1.97. The van der Waals surface area contributed by atoms with Crippen LogP contribution in [0, 0.1) is 11.7 Å². The molecule has 1 heterocycles. The molecule has 1 nitrogen and oxygen atoms in total. The Bertz CT molecular complexity index is 316. The van der Waals surface area contributed by atoms with Crippen LogP contribution in [0.1, 0.15) is 13.3 Å². The summed E-state index contributed by atoms with van der Waals surface area (Å²) in [6.07, 6.45) is 1.25. The van der Waals surface area contributed by atoms with Gasteiger partial charge in [-0.05, 0) is 42.5 Å². The minimum Gasteiger partial charge on any atom is -0.246 e. The smallest absolute Gasteiger partial charge is 0.124 e. The zero-order chi connectivity index (χ0) is 9.97. The average molecular weight is 211 g/mol. The molecule has 1 unspecified atom stereocenters. The molecule has 14 heavy (non-hydrogen) atoms. The lowest BCUT2D eigenvalue weighted by atomic mass is 10.2. The molecule has 1 aromatic rings. The van der Waals surface area contributed by atoms with Gasteiger partial charge in [0.2, 0.25) is 0 Å². The highest BCUT2D eigenvalue weighted by atomic mass is 32.2. The summed E-state index contributed by atoms with van der Waals surface area (Å²) >= 11 is 1.66. The van der Waals surface area contributed by atoms with E-state index in [2.05, 4.69) is 11.2 Å². The van der Waals surface area contributed by atoms with Crippen molar-refractivity contribution in [2.75, 3.05) is 13.1 Å². The molecular weight excluding hydrogens is 197 g/mol. The van der Waals surface area contributed by atoms with Crippen molar-refractivity contribution in [2.45, 2.75) is 18.2 Å². The quantitative estimate of drug-likeness (QED) is 0.691. The fraction of sp³-hybridized carbons (Fsp3) is 0.455. The molecule has 0 N–H and O–H groups in total. The molecule has 76 valence electrons. The lowest BCUT2D eigenvalue weighted by Gasteiger charge is -2.13. The third kappa shape index (κ3) is 2.49. The fourth-order valence-corrected chi connectivity index (χ4v) is 2.78. The first-order valence-corrected chi connectivity index (χ1v) is 5.70. The Morgan fingerprint density at radius 3 is 3.00 bits per heavy atom. The summed E-state index contributed by atoms with van der Waals surface area (Å²) in [5, 5.41) is 0. The topological polar surface area (TPSA) is 3.24 Å². The molecule has 1 atom stereocenters. The predicted molar refractivity (Wildman–Crippen MR) is 57.6 cm³/mol. The molecular formula is C11H14FNS. The first kappa shape index (κ1) is 9.99. The summed E-state index contributed by atoms with van der Waals surface area (Å²) in [6.45, 7) is 4.48. The van der Waals surface area contributed by atoms with Gasteiger partial charge in [0.05, 0.1) is 0 Å². The highest BCUT2D eigenvalue weighted by Gasteiger charge is 2.19. The highest BCUT2D eigenvalue weighted by Crippen LogP contribution is 2.28. The first-order valence-electron chi connectivity index (χ1n) is 4.92. The second-order valence-corrected chi connectivity index (χ2v) is 5.00. The molecule has 0 bridgehead atoms. The average Bonchev–Trinajstić information content (AvgIpc) is 2.51. The summed E-state index contributed by atoms with van der Waals surface area (Å²) in [6, 6.07) is 6.79. The zero-order valence-corrected chi connectivity index (χ0v) is 9.06. The van der Waals surface area contributed by atoms with Gasteiger partial charge in [-0.1, -0.05) is 13.0 Å². The lowest BCUT2D eigenvalue weighted by Crippen LogP contribution is -2.10. The normalized spacial score (nSPS) is 22.9. The van der Waals surface area contributed by atoms with Crippen LogP contribution in [-0.4, -0.2) is 17.4 Å². The standard InChI is InChI=1S/C11H14FNS/c1-9-5-6-13(8-9)14-11-4-2-3-10(12)7-11/h2-4,7,9H,5-6,8H2,1H3. The number of hydrogen-bond donors (Lipinski definition) is 0. The van der Waals surface area contributed by atoms with Gasteiger partial charge in [-0.3, -0.25) is 0 Å². The Kier molecular flexibility index (Phi) is 3.08. The molecule has 0 amide bonds. The summed E-state index contributed by atoms with van der Waals surface area (Å²) in [4.78, 5) is 0.999. The molecule has 0 radical (unpaired) electrons. The molecule has 3 heteroatoms. The minimum absolute atomic E-state index is 0.151. The van der Waals surface area contributed by atoms with Crippen molar-refractivity contribution in [2.24, 2.45) is 5.92 Å². The van der Waals surface area contributed by atoms with Gasteiger partial charge in [0.1, 0.15) is 5.82 Å². The maximum Gasteiger partial charge on any atom is 0.124 e. The van der Waals surface area contributed by atoms with Gasteiger partial charge in [0, 0.05) is 18.0 Å². The lowest BCUT2D eigenvalue weighted by molar-refractivity contribution is 0.549. The van der Waals surface area contributed by atoms with Crippen LogP contribution < -0.4 is 0 Å². The van der Waals surface area contributed by atoms with Gasteiger partial charge in [0.25, 0.3) is 0 Å². The number of benzene rings is 1. The Morgan fingerprint density at radius 1 is 1.50 bits per heavy atom. The summed E-state index contributed by atoms with van der Waals surface area (Å²) < 4.78 is 15.2. The van der Waals surface area contributed by atoms with Crippen molar-refractivity contribution in [3.05, 3.63) is 30.1 Å². The Morgan fingerprint density at radius 2 is 2.36 bits per heavy atom. The van der Waals surface area contributed by atoms with Crippen LogP contribution >= 0.6 is 11.9 Å². The third-order valence-electron chi connectivity index (χ3n) is 2.42. The largest absolute Gasteiger partial charge is 0.246 e. The van der Waals surface area contributed by atoms with Crippen molar-refractivity contribution in [1.29, 1.82) is 0 Å². The van der Waals surface area contributed by atoms with Gasteiger partial charge < -0.3 is 0 Å². The number of nitrogens with zero attached hydrogens (tertiary/aromatic N) is 1. The van der Waals surface area contributed by atoms with Crippen LogP contribution in [0.15, 0.2) is 29.2 Å². The van der Waals surface area contributed by atoms with Crippen LogP contribution in [0.3, 0.4) is 0 Å². The second kappa shape index (κ2) is 4.32. The van der Waals surface area contributed by atoms with Crippen LogP contribution in [-0.2, 0) is 0 Å². The van der Waals surface area contributed by atoms with Gasteiger partial charge >= 0.3 is 0 Å². The number of hydrogen-bond acceptors (Lipinski definition) is 2. The van der Waals surface area contributed by atoms with Crippen molar-refractivity contribution in [1.82, 2.24) is 4.31 Å². The Hall–Kier alpha value is -0.540. The maximum atomic E-state index is 12.9. The first-order chi connectivity index (χ1) is 6.74. The van der Waals surface area contributed by atoms with Crippen LogP contribution in [0.2, 0.25) is 0 Å². The van der Waals surface area contributed by atoms with Crippen molar-refractivity contribution >= 4 is 11.9 Å². The van der Waals surface area contributed by atoms with E-state index in [0.717, 1.165) is 23.9 Å². The predicted octanol–water partition coefficient (Wildman–Crippen LogP) is 3.17. The number of halogens is 1. The fourth-order valence-electron chi connectivity index (χ4n) is 1.65. The molecule has 0 spiro atoms. The van der Waals surface area contributed by atoms with Gasteiger partial charge in [-0.2, -0.15) is 0 Å². The molecule has 1 aromatic carbocycles. The van der Waals surface area contributed by atoms with E-state index in [0.29, 0.717) is 0 Å². The zero-order valence-electron chi connectivity index (χ0n) is 8.24. The monoisotopic (exact) mass is 211 g/mol. The summed E-state index contributed by atoms with van der Waals surface area (Å²) in [5.74, 6) is 0.623. The molecule has 0 aromatic heterocycles. The molecule has 2 rings (SSSR count). The van der Waals surface area contributed by atoms with E-state index in [9.17, 15) is 4.39 Å². The number of rotatable bonds is 2. The minimum atomic E-state index is -0.151. The van der Waals surface area contributed by atoms with E-state index in [1.54, 1.807) is 24.1 Å². The molecule has 0 aliphatic carbocycles. The SMILES string of the molecule is CC1CCN(Sc2cccc(F)c2)C1. The van der Waals surface area contributed by atoms with Crippen molar-refractivity contribution in [3.63, 3.8) is 0 Å². The van der Waals surface area contributed by atoms with Crippen LogP contribution in [0.4, 0.5) is 4.39 Å². The third-order valence-corrected chi connectivity index (χ3v) is 3.47. The Labute approximate surface area is 88.4 Å². The summed E-state index contributed by atoms with van der Waals surface area (Å²) in [5.41, 5.74) is 0. The van der Waals surface area contributed by atoms with Crippen LogP contribution in [0.5, 0.6) is 0 Å². The van der Waals surface area contributed by atoms with Crippen LogP contribution in [0.25, 0.3) is 0 Å². The van der Waals surface area contributed by atoms with E-state index in [4.69, 9.17) is 0 Å². The maximum absolute atomic E-state index is 12.9. The molecule has 1 saturated heterocycles. The van der Waals surface area contributed by atoms with E-state index in [1.807, 2.05) is 6.07 Å². The second-order valence-electron chi connectivity index (χ2n) is 3.83. The molecule has 1 aliphatic heterocycles.